The van der Waals surface area contributed by atoms with Gasteiger partial charge in [0.2, 0.25) is 0 Å². The molecule has 4 rings (SSSR count). The Morgan fingerprint density at radius 2 is 2.00 bits per heavy atom. The highest BCUT2D eigenvalue weighted by atomic mass is 32.2. The van der Waals surface area contributed by atoms with Gasteiger partial charge in [-0.1, -0.05) is 6.07 Å². The number of nitrogens with one attached hydrogen (secondary N) is 1. The predicted molar refractivity (Wildman–Crippen MR) is 108 cm³/mol. The minimum atomic E-state index is -3.89. The number of anilines is 2. The van der Waals surface area contributed by atoms with Gasteiger partial charge >= 0.3 is 0 Å². The number of rotatable bonds is 4. The highest BCUT2D eigenvalue weighted by Crippen LogP contribution is 2.32. The molecule has 29 heavy (non-hydrogen) atoms. The molecule has 1 aromatic heterocycles. The van der Waals surface area contributed by atoms with Crippen molar-refractivity contribution < 1.29 is 17.6 Å². The maximum absolute atomic E-state index is 13.5. The number of halogens is 1. The van der Waals surface area contributed by atoms with Crippen LogP contribution in [0.3, 0.4) is 0 Å². The van der Waals surface area contributed by atoms with Crippen LogP contribution in [0, 0.1) is 12.7 Å². The summed E-state index contributed by atoms with van der Waals surface area (Å²) in [4.78, 5) is 18.4. The first kappa shape index (κ1) is 19.1. The van der Waals surface area contributed by atoms with E-state index in [2.05, 4.69) is 9.71 Å². The minimum absolute atomic E-state index is 0.0276. The number of nitrogens with zero attached hydrogens (tertiary/aromatic N) is 2. The third kappa shape index (κ3) is 3.71. The number of aryl methyl sites for hydroxylation is 1. The van der Waals surface area contributed by atoms with E-state index in [1.165, 1.54) is 25.3 Å². The van der Waals surface area contributed by atoms with Crippen LogP contribution in [0.15, 0.2) is 65.8 Å². The first-order valence-electron chi connectivity index (χ1n) is 8.99. The molecule has 3 aromatic rings. The molecule has 0 fully saturated rings. The summed E-state index contributed by atoms with van der Waals surface area (Å²) in [5, 5.41) is 0. The molecule has 2 aromatic carbocycles. The maximum atomic E-state index is 13.5. The summed E-state index contributed by atoms with van der Waals surface area (Å²) < 4.78 is 41.3. The summed E-state index contributed by atoms with van der Waals surface area (Å²) in [6.07, 6.45) is 3.79. The van der Waals surface area contributed by atoms with Crippen molar-refractivity contribution in [3.63, 3.8) is 0 Å². The van der Waals surface area contributed by atoms with Gasteiger partial charge in [-0.25, -0.2) is 12.8 Å². The monoisotopic (exact) mass is 411 g/mol. The molecule has 6 nitrogen and oxygen atoms in total. The van der Waals surface area contributed by atoms with E-state index < -0.39 is 15.8 Å². The minimum Gasteiger partial charge on any atom is -0.308 e. The number of benzene rings is 2. The van der Waals surface area contributed by atoms with Crippen LogP contribution in [0.2, 0.25) is 0 Å². The SMILES string of the molecule is Cc1cc(S(=O)(=O)Nc2ccc3c(c2)N(C(=O)c2cccnc2)CC3)ccc1F. The fraction of sp³-hybridized carbons (Fsp3) is 0.143. The number of hydrogen-bond acceptors (Lipinski definition) is 4. The van der Waals surface area contributed by atoms with E-state index >= 15 is 0 Å². The molecule has 1 N–H and O–H groups in total. The van der Waals surface area contributed by atoms with Gasteiger partial charge in [0.25, 0.3) is 15.9 Å². The van der Waals surface area contributed by atoms with Gasteiger partial charge in [0.1, 0.15) is 5.82 Å². The van der Waals surface area contributed by atoms with Gasteiger partial charge in [-0.3, -0.25) is 14.5 Å². The first-order chi connectivity index (χ1) is 13.8. The molecule has 1 aliphatic heterocycles. The lowest BCUT2D eigenvalue weighted by Crippen LogP contribution is -2.29. The van der Waals surface area contributed by atoms with Crippen molar-refractivity contribution in [3.8, 4) is 0 Å². The van der Waals surface area contributed by atoms with Gasteiger partial charge in [-0.05, 0) is 66.9 Å². The van der Waals surface area contributed by atoms with E-state index in [1.54, 1.807) is 41.4 Å². The van der Waals surface area contributed by atoms with Crippen LogP contribution in [-0.2, 0) is 16.4 Å². The molecule has 0 unspecified atom stereocenters. The molecule has 0 aliphatic carbocycles. The number of carbonyl (C=O) groups is 1. The molecule has 0 saturated heterocycles. The second-order valence-corrected chi connectivity index (χ2v) is 8.49. The van der Waals surface area contributed by atoms with Crippen molar-refractivity contribution in [1.82, 2.24) is 4.98 Å². The highest BCUT2D eigenvalue weighted by molar-refractivity contribution is 7.92. The van der Waals surface area contributed by atoms with E-state index in [4.69, 9.17) is 0 Å². The molecule has 148 valence electrons. The Hall–Kier alpha value is -3.26. The number of fused-ring (bicyclic) bond motifs is 1. The van der Waals surface area contributed by atoms with Gasteiger partial charge in [0.05, 0.1) is 16.1 Å². The normalized spacial score (nSPS) is 13.2. The zero-order chi connectivity index (χ0) is 20.6. The van der Waals surface area contributed by atoms with Crippen LogP contribution in [-0.4, -0.2) is 25.9 Å². The molecule has 0 atom stereocenters. The lowest BCUT2D eigenvalue weighted by Gasteiger charge is -2.18. The summed E-state index contributed by atoms with van der Waals surface area (Å²) in [5.74, 6) is -0.656. The van der Waals surface area contributed by atoms with Gasteiger partial charge in [0.15, 0.2) is 0 Å². The Labute approximate surface area is 168 Å². The predicted octanol–water partition coefficient (Wildman–Crippen LogP) is 3.53. The van der Waals surface area contributed by atoms with Gasteiger partial charge in [-0.15, -0.1) is 0 Å². The average molecular weight is 411 g/mol. The molecule has 0 radical (unpaired) electrons. The van der Waals surface area contributed by atoms with Gasteiger partial charge in [-0.2, -0.15) is 0 Å². The highest BCUT2D eigenvalue weighted by Gasteiger charge is 2.26. The van der Waals surface area contributed by atoms with E-state index in [0.717, 1.165) is 11.6 Å². The fourth-order valence-electron chi connectivity index (χ4n) is 3.30. The molecular weight excluding hydrogens is 393 g/mol. The number of aromatic nitrogens is 1. The fourth-order valence-corrected chi connectivity index (χ4v) is 4.43. The Morgan fingerprint density at radius 3 is 2.72 bits per heavy atom. The van der Waals surface area contributed by atoms with Crippen molar-refractivity contribution in [2.75, 3.05) is 16.2 Å². The largest absolute Gasteiger partial charge is 0.308 e. The van der Waals surface area contributed by atoms with Crippen LogP contribution < -0.4 is 9.62 Å². The molecule has 0 bridgehead atoms. The van der Waals surface area contributed by atoms with Crippen molar-refractivity contribution in [1.29, 1.82) is 0 Å². The topological polar surface area (TPSA) is 79.4 Å². The van der Waals surface area contributed by atoms with Crippen molar-refractivity contribution in [3.05, 3.63) is 83.4 Å². The quantitative estimate of drug-likeness (QED) is 0.712. The molecule has 0 saturated carbocycles. The Bertz CT molecular complexity index is 1200. The number of sulfonamides is 1. The average Bonchev–Trinajstić information content (AvgIpc) is 3.13. The summed E-state index contributed by atoms with van der Waals surface area (Å²) in [6.45, 7) is 2.02. The van der Waals surface area contributed by atoms with Gasteiger partial charge < -0.3 is 4.90 Å². The number of carbonyl (C=O) groups excluding carboxylic acids is 1. The van der Waals surface area contributed by atoms with Gasteiger partial charge in [0, 0.05) is 24.6 Å². The summed E-state index contributed by atoms with van der Waals surface area (Å²) in [7, 11) is -3.89. The van der Waals surface area contributed by atoms with E-state index in [0.29, 0.717) is 29.9 Å². The Morgan fingerprint density at radius 1 is 1.17 bits per heavy atom. The van der Waals surface area contributed by atoms with E-state index in [9.17, 15) is 17.6 Å². The van der Waals surface area contributed by atoms with Crippen LogP contribution in [0.5, 0.6) is 0 Å². The Kier molecular flexibility index (Phi) is 4.79. The summed E-state index contributed by atoms with van der Waals surface area (Å²) in [5.41, 5.74) is 2.66. The Balaban J connectivity index is 1.63. The number of pyridine rings is 1. The first-order valence-corrected chi connectivity index (χ1v) is 10.5. The smallest absolute Gasteiger partial charge is 0.261 e. The molecule has 2 heterocycles. The van der Waals surface area contributed by atoms with E-state index in [-0.39, 0.29) is 16.4 Å². The standard InChI is InChI=1S/C21H18FN3O3S/c1-14-11-18(6-7-19(14)22)29(27,28)24-17-5-4-15-8-10-25(20(15)12-17)21(26)16-3-2-9-23-13-16/h2-7,9,11-13,24H,8,10H2,1H3. The third-order valence-corrected chi connectivity index (χ3v) is 6.21. The maximum Gasteiger partial charge on any atom is 0.261 e. The lowest BCUT2D eigenvalue weighted by atomic mass is 10.1. The molecule has 1 amide bonds. The zero-order valence-electron chi connectivity index (χ0n) is 15.6. The van der Waals surface area contributed by atoms with Crippen LogP contribution in [0.25, 0.3) is 0 Å². The number of hydrogen-bond donors (Lipinski definition) is 1. The summed E-state index contributed by atoms with van der Waals surface area (Å²) >= 11 is 0. The molecule has 1 aliphatic rings. The molecule has 0 spiro atoms. The van der Waals surface area contributed by atoms with Crippen molar-refractivity contribution in [2.24, 2.45) is 0 Å². The third-order valence-electron chi connectivity index (χ3n) is 4.83. The van der Waals surface area contributed by atoms with Crippen LogP contribution in [0.1, 0.15) is 21.5 Å². The van der Waals surface area contributed by atoms with Crippen molar-refractivity contribution >= 4 is 27.3 Å². The van der Waals surface area contributed by atoms with E-state index in [1.807, 2.05) is 0 Å². The van der Waals surface area contributed by atoms with Crippen LogP contribution in [0.4, 0.5) is 15.8 Å². The second-order valence-electron chi connectivity index (χ2n) is 6.81. The summed E-state index contributed by atoms with van der Waals surface area (Å²) in [6, 6.07) is 12.1. The molecular formula is C21H18FN3O3S. The zero-order valence-corrected chi connectivity index (χ0v) is 16.4. The second kappa shape index (κ2) is 7.29. The number of amides is 1. The molecule has 8 heteroatoms. The van der Waals surface area contributed by atoms with Crippen LogP contribution >= 0.6 is 0 Å². The lowest BCUT2D eigenvalue weighted by molar-refractivity contribution is 0.0989. The van der Waals surface area contributed by atoms with Crippen molar-refractivity contribution in [2.45, 2.75) is 18.2 Å².